The second kappa shape index (κ2) is 7.86. The second-order valence-electron chi connectivity index (χ2n) is 6.28. The molecule has 2 fully saturated rings. The van der Waals surface area contributed by atoms with Gasteiger partial charge in [-0.1, -0.05) is 0 Å². The summed E-state index contributed by atoms with van der Waals surface area (Å²) < 4.78 is 24.1. The van der Waals surface area contributed by atoms with Gasteiger partial charge in [0, 0.05) is 19.6 Å². The third-order valence-corrected chi connectivity index (χ3v) is 4.42. The number of carbonyl (C=O) groups is 1. The van der Waals surface area contributed by atoms with Crippen LogP contribution < -0.4 is 15.1 Å². The average molecular weight is 352 g/mol. The van der Waals surface area contributed by atoms with Gasteiger partial charge in [-0.15, -0.1) is 0 Å². The van der Waals surface area contributed by atoms with Gasteiger partial charge in [-0.05, 0) is 31.9 Å². The van der Waals surface area contributed by atoms with Crippen LogP contribution in [-0.4, -0.2) is 63.2 Å². The SMILES string of the molecule is CCOC(=O)Nc1cc(C)c(N2CCOCC2)nc1N1CC[C@@H](F)C1. The van der Waals surface area contributed by atoms with Gasteiger partial charge in [-0.25, -0.2) is 14.2 Å². The van der Waals surface area contributed by atoms with Gasteiger partial charge in [0.05, 0.1) is 32.1 Å². The van der Waals surface area contributed by atoms with E-state index >= 15 is 0 Å². The number of morpholine rings is 1. The molecule has 3 rings (SSSR count). The van der Waals surface area contributed by atoms with Crippen molar-refractivity contribution < 1.29 is 18.7 Å². The van der Waals surface area contributed by atoms with Crippen LogP contribution >= 0.6 is 0 Å². The molecule has 8 heteroatoms. The molecule has 7 nitrogen and oxygen atoms in total. The van der Waals surface area contributed by atoms with Crippen LogP contribution in [0.25, 0.3) is 0 Å². The molecular weight excluding hydrogens is 327 g/mol. The average Bonchev–Trinajstić information content (AvgIpc) is 3.02. The topological polar surface area (TPSA) is 66.9 Å². The normalized spacial score (nSPS) is 20.7. The van der Waals surface area contributed by atoms with Crippen LogP contribution in [0.2, 0.25) is 0 Å². The summed E-state index contributed by atoms with van der Waals surface area (Å²) in [7, 11) is 0. The monoisotopic (exact) mass is 352 g/mol. The molecule has 25 heavy (non-hydrogen) atoms. The number of pyridine rings is 1. The lowest BCUT2D eigenvalue weighted by Crippen LogP contribution is -2.37. The van der Waals surface area contributed by atoms with Crippen LogP contribution in [0, 0.1) is 6.92 Å². The number of nitrogens with one attached hydrogen (secondary N) is 1. The van der Waals surface area contributed by atoms with E-state index in [2.05, 4.69) is 10.2 Å². The van der Waals surface area contributed by atoms with Crippen molar-refractivity contribution in [3.05, 3.63) is 11.6 Å². The highest BCUT2D eigenvalue weighted by molar-refractivity contribution is 5.89. The Morgan fingerprint density at radius 1 is 1.36 bits per heavy atom. The fraction of sp³-hybridized carbons (Fsp3) is 0.647. The molecule has 0 unspecified atom stereocenters. The maximum Gasteiger partial charge on any atom is 0.411 e. The number of alkyl halides is 1. The molecule has 0 aromatic carbocycles. The zero-order valence-corrected chi connectivity index (χ0v) is 14.8. The number of aromatic nitrogens is 1. The van der Waals surface area contributed by atoms with Gasteiger partial charge in [-0.2, -0.15) is 0 Å². The maximum atomic E-state index is 13.7. The summed E-state index contributed by atoms with van der Waals surface area (Å²) in [5.41, 5.74) is 1.51. The maximum absolute atomic E-state index is 13.7. The molecule has 1 aromatic rings. The first kappa shape index (κ1) is 17.7. The quantitative estimate of drug-likeness (QED) is 0.897. The number of halogens is 1. The van der Waals surface area contributed by atoms with E-state index in [-0.39, 0.29) is 13.2 Å². The molecule has 138 valence electrons. The van der Waals surface area contributed by atoms with E-state index in [9.17, 15) is 9.18 Å². The molecule has 1 aromatic heterocycles. The number of amides is 1. The van der Waals surface area contributed by atoms with Gasteiger partial charge in [0.1, 0.15) is 12.0 Å². The highest BCUT2D eigenvalue weighted by atomic mass is 19.1. The first-order chi connectivity index (χ1) is 12.1. The minimum absolute atomic E-state index is 0.287. The lowest BCUT2D eigenvalue weighted by molar-refractivity contribution is 0.122. The number of ether oxygens (including phenoxy) is 2. The molecule has 2 aliphatic heterocycles. The first-order valence-electron chi connectivity index (χ1n) is 8.75. The number of hydrogen-bond acceptors (Lipinski definition) is 6. The Hall–Kier alpha value is -2.09. The van der Waals surface area contributed by atoms with Gasteiger partial charge in [-0.3, -0.25) is 5.32 Å². The summed E-state index contributed by atoms with van der Waals surface area (Å²) in [6.45, 7) is 7.72. The Morgan fingerprint density at radius 2 is 2.12 bits per heavy atom. The molecule has 1 atom stereocenters. The third-order valence-electron chi connectivity index (χ3n) is 4.42. The van der Waals surface area contributed by atoms with Crippen LogP contribution in [0.4, 0.5) is 26.5 Å². The van der Waals surface area contributed by atoms with E-state index in [4.69, 9.17) is 14.5 Å². The van der Waals surface area contributed by atoms with Gasteiger partial charge >= 0.3 is 6.09 Å². The lowest BCUT2D eigenvalue weighted by atomic mass is 10.2. The molecular formula is C17H25FN4O3. The van der Waals surface area contributed by atoms with E-state index in [1.807, 2.05) is 17.9 Å². The molecule has 3 heterocycles. The van der Waals surface area contributed by atoms with E-state index in [1.54, 1.807) is 6.92 Å². The molecule has 1 amide bonds. The number of hydrogen-bond donors (Lipinski definition) is 1. The smallest absolute Gasteiger partial charge is 0.411 e. The number of anilines is 3. The fourth-order valence-corrected chi connectivity index (χ4v) is 3.21. The molecule has 0 saturated carbocycles. The molecule has 0 radical (unpaired) electrons. The molecule has 2 aliphatic rings. The summed E-state index contributed by atoms with van der Waals surface area (Å²) in [4.78, 5) is 20.7. The predicted octanol–water partition coefficient (Wildman–Crippen LogP) is 2.34. The van der Waals surface area contributed by atoms with Crippen molar-refractivity contribution >= 4 is 23.4 Å². The van der Waals surface area contributed by atoms with Gasteiger partial charge in [0.15, 0.2) is 5.82 Å². The number of rotatable bonds is 4. The van der Waals surface area contributed by atoms with E-state index in [0.717, 1.165) is 24.5 Å². The summed E-state index contributed by atoms with van der Waals surface area (Å²) in [5.74, 6) is 1.45. The Labute approximate surface area is 147 Å². The van der Waals surface area contributed by atoms with Crippen LogP contribution in [0.15, 0.2) is 6.07 Å². The van der Waals surface area contributed by atoms with Crippen molar-refractivity contribution in [1.82, 2.24) is 4.98 Å². The Bertz CT molecular complexity index is 622. The van der Waals surface area contributed by atoms with Crippen molar-refractivity contribution in [2.24, 2.45) is 0 Å². The molecule has 0 spiro atoms. The highest BCUT2D eigenvalue weighted by Gasteiger charge is 2.27. The summed E-state index contributed by atoms with van der Waals surface area (Å²) in [6.07, 6.45) is -0.924. The van der Waals surface area contributed by atoms with Crippen molar-refractivity contribution in [2.45, 2.75) is 26.4 Å². The van der Waals surface area contributed by atoms with Crippen LogP contribution in [0.3, 0.4) is 0 Å². The number of nitrogens with zero attached hydrogens (tertiary/aromatic N) is 3. The minimum Gasteiger partial charge on any atom is -0.450 e. The van der Waals surface area contributed by atoms with Crippen LogP contribution in [0.1, 0.15) is 18.9 Å². The summed E-state index contributed by atoms with van der Waals surface area (Å²) in [5, 5.41) is 2.74. The van der Waals surface area contributed by atoms with Gasteiger partial charge < -0.3 is 19.3 Å². The summed E-state index contributed by atoms with van der Waals surface area (Å²) in [6, 6.07) is 1.88. The fourth-order valence-electron chi connectivity index (χ4n) is 3.21. The molecule has 2 saturated heterocycles. The largest absolute Gasteiger partial charge is 0.450 e. The zero-order valence-electron chi connectivity index (χ0n) is 14.8. The van der Waals surface area contributed by atoms with E-state index in [1.165, 1.54) is 0 Å². The van der Waals surface area contributed by atoms with Gasteiger partial charge in [0.25, 0.3) is 0 Å². The third kappa shape index (κ3) is 4.12. The Morgan fingerprint density at radius 3 is 2.76 bits per heavy atom. The van der Waals surface area contributed by atoms with Crippen LogP contribution in [0.5, 0.6) is 0 Å². The summed E-state index contributed by atoms with van der Waals surface area (Å²) >= 11 is 0. The van der Waals surface area contributed by atoms with E-state index in [0.29, 0.717) is 37.7 Å². The van der Waals surface area contributed by atoms with Crippen LogP contribution in [-0.2, 0) is 9.47 Å². The molecule has 0 aliphatic carbocycles. The number of carbonyl (C=O) groups excluding carboxylic acids is 1. The first-order valence-corrected chi connectivity index (χ1v) is 8.75. The Balaban J connectivity index is 1.92. The molecule has 0 bridgehead atoms. The zero-order chi connectivity index (χ0) is 17.8. The van der Waals surface area contributed by atoms with Gasteiger partial charge in [0.2, 0.25) is 0 Å². The standard InChI is InChI=1S/C17H25FN4O3/c1-3-25-17(23)19-14-10-12(2)15(21-6-8-24-9-7-21)20-16(14)22-5-4-13(18)11-22/h10,13H,3-9,11H2,1-2H3,(H,19,23)/t13-/m1/s1. The Kier molecular flexibility index (Phi) is 5.57. The van der Waals surface area contributed by atoms with Crippen molar-refractivity contribution in [3.8, 4) is 0 Å². The second-order valence-corrected chi connectivity index (χ2v) is 6.28. The molecule has 1 N–H and O–H groups in total. The van der Waals surface area contributed by atoms with Crippen molar-refractivity contribution in [2.75, 3.05) is 61.1 Å². The predicted molar refractivity (Wildman–Crippen MR) is 94.4 cm³/mol. The van der Waals surface area contributed by atoms with Crippen molar-refractivity contribution in [3.63, 3.8) is 0 Å². The van der Waals surface area contributed by atoms with Crippen molar-refractivity contribution in [1.29, 1.82) is 0 Å². The highest BCUT2D eigenvalue weighted by Crippen LogP contribution is 2.33. The number of aryl methyl sites for hydroxylation is 1. The van der Waals surface area contributed by atoms with E-state index < -0.39 is 12.3 Å². The lowest BCUT2D eigenvalue weighted by Gasteiger charge is -2.31. The minimum atomic E-state index is -0.870.